The molecule has 47 heavy (non-hydrogen) atoms. The number of phenolic OH excluding ortho intramolecular Hbond substituents is 1. The summed E-state index contributed by atoms with van der Waals surface area (Å²) < 4.78 is 19.5. The van der Waals surface area contributed by atoms with Crippen LogP contribution in [-0.4, -0.2) is 45.6 Å². The smallest absolute Gasteiger partial charge is 0.258 e. The molecule has 3 aromatic carbocycles. The van der Waals surface area contributed by atoms with E-state index >= 15 is 0 Å². The van der Waals surface area contributed by atoms with Crippen LogP contribution in [0.2, 0.25) is 0 Å². The Kier molecular flexibility index (Phi) is 7.57. The maximum atomic E-state index is 14.5. The quantitative estimate of drug-likeness (QED) is 0.179. The summed E-state index contributed by atoms with van der Waals surface area (Å²) in [6.45, 7) is 2.01. The molecule has 1 N–H and O–H groups in total. The van der Waals surface area contributed by atoms with Crippen molar-refractivity contribution in [1.82, 2.24) is 0 Å². The van der Waals surface area contributed by atoms with Crippen LogP contribution in [0.4, 0.5) is 15.8 Å². The number of hydrogen-bond acceptors (Lipinski definition) is 6. The molecule has 8 nitrogen and oxygen atoms in total. The van der Waals surface area contributed by atoms with Crippen LogP contribution in [0.3, 0.4) is 0 Å². The number of aryl methyl sites for hydroxylation is 1. The van der Waals surface area contributed by atoms with Crippen molar-refractivity contribution in [3.05, 3.63) is 93.7 Å². The second-order valence-corrected chi connectivity index (χ2v) is 14.4. The molecule has 3 aromatic rings. The summed E-state index contributed by atoms with van der Waals surface area (Å²) >= 11 is 18.2. The molecule has 0 bridgehead atoms. The van der Waals surface area contributed by atoms with Crippen LogP contribution in [-0.2, 0) is 25.6 Å². The van der Waals surface area contributed by atoms with Gasteiger partial charge >= 0.3 is 0 Å². The van der Waals surface area contributed by atoms with Crippen LogP contribution in [0.1, 0.15) is 36.8 Å². The first-order valence-corrected chi connectivity index (χ1v) is 16.7. The highest BCUT2D eigenvalue weighted by Crippen LogP contribution is 2.66. The van der Waals surface area contributed by atoms with Gasteiger partial charge < -0.3 is 9.84 Å². The Morgan fingerprint density at radius 2 is 1.57 bits per heavy atom. The van der Waals surface area contributed by atoms with Gasteiger partial charge in [-0.2, -0.15) is 0 Å². The molecule has 6 unspecified atom stereocenters. The maximum Gasteiger partial charge on any atom is 0.258 e. The summed E-state index contributed by atoms with van der Waals surface area (Å²) in [5, 5.41) is 10.6. The third kappa shape index (κ3) is 4.37. The molecule has 6 atom stereocenters. The number of phenols is 1. The normalized spacial score (nSPS) is 29.9. The van der Waals surface area contributed by atoms with Gasteiger partial charge in [-0.25, -0.2) is 9.29 Å². The average molecular weight is 742 g/mol. The highest BCUT2D eigenvalue weighted by Gasteiger charge is 2.76. The van der Waals surface area contributed by atoms with Gasteiger partial charge in [-0.15, -0.1) is 23.2 Å². The molecule has 2 saturated heterocycles. The van der Waals surface area contributed by atoms with Crippen molar-refractivity contribution in [3.63, 3.8) is 0 Å². The fourth-order valence-corrected chi connectivity index (χ4v) is 9.22. The number of rotatable bonds is 5. The molecule has 4 amide bonds. The van der Waals surface area contributed by atoms with Gasteiger partial charge in [0.2, 0.25) is 11.8 Å². The van der Waals surface area contributed by atoms with Crippen LogP contribution < -0.4 is 14.5 Å². The first-order chi connectivity index (χ1) is 22.4. The van der Waals surface area contributed by atoms with Crippen LogP contribution in [0.25, 0.3) is 0 Å². The van der Waals surface area contributed by atoms with Crippen molar-refractivity contribution in [2.24, 2.45) is 17.8 Å². The minimum Gasteiger partial charge on any atom is -0.503 e. The van der Waals surface area contributed by atoms with Crippen molar-refractivity contribution in [2.45, 2.75) is 41.9 Å². The maximum absolute atomic E-state index is 14.5. The van der Waals surface area contributed by atoms with E-state index in [1.165, 1.54) is 30.2 Å². The predicted molar refractivity (Wildman–Crippen MR) is 177 cm³/mol. The Hall–Kier alpha value is -3.73. The van der Waals surface area contributed by atoms with Crippen molar-refractivity contribution < 1.29 is 33.4 Å². The van der Waals surface area contributed by atoms with E-state index in [4.69, 9.17) is 27.9 Å². The van der Waals surface area contributed by atoms with E-state index in [1.807, 2.05) is 25.1 Å². The van der Waals surface area contributed by atoms with E-state index in [0.29, 0.717) is 16.8 Å². The van der Waals surface area contributed by atoms with E-state index in [1.54, 1.807) is 18.2 Å². The lowest BCUT2D eigenvalue weighted by Crippen LogP contribution is -2.60. The number of fused-ring (bicyclic) bond motifs is 4. The summed E-state index contributed by atoms with van der Waals surface area (Å²) in [6, 6.07) is 15.2. The van der Waals surface area contributed by atoms with Crippen LogP contribution in [0.15, 0.2) is 76.8 Å². The number of anilines is 2. The number of carbonyl (C=O) groups is 4. The highest BCUT2D eigenvalue weighted by atomic mass is 79.9. The molecule has 242 valence electrons. The van der Waals surface area contributed by atoms with Gasteiger partial charge in [0.25, 0.3) is 11.8 Å². The summed E-state index contributed by atoms with van der Waals surface area (Å²) in [6.07, 6.45) is 2.62. The van der Waals surface area contributed by atoms with Crippen molar-refractivity contribution in [1.29, 1.82) is 0 Å². The number of alkyl halides is 2. The molecule has 2 aliphatic carbocycles. The van der Waals surface area contributed by atoms with E-state index in [9.17, 15) is 28.7 Å². The summed E-state index contributed by atoms with van der Waals surface area (Å²) in [5.74, 6) is -6.50. The number of benzene rings is 3. The molecule has 0 radical (unpaired) electrons. The number of ether oxygens (including phenoxy) is 1. The first-order valence-electron chi connectivity index (χ1n) is 15.1. The van der Waals surface area contributed by atoms with E-state index in [-0.39, 0.29) is 40.4 Å². The topological polar surface area (TPSA) is 104 Å². The standard InChI is InChI=1S/C35H28BrCl2FN2O6/c1-3-17-4-8-20(9-5-17)40-30(43)23-13-12-22-24(27(23)31(40)44)16-34(37)32(45)41(21-10-6-19(39)7-11-21)33(46)35(34,38)28(22)18-14-25(36)29(42)26(15-18)47-2/h4-12,14-15,23-24,27-28,42H,3,13,16H2,1-2H3. The van der Waals surface area contributed by atoms with E-state index < -0.39 is 57.0 Å². The Bertz CT molecular complexity index is 1900. The lowest BCUT2D eigenvalue weighted by atomic mass is 9.56. The Morgan fingerprint density at radius 3 is 2.21 bits per heavy atom. The molecule has 12 heteroatoms. The lowest BCUT2D eigenvalue weighted by Gasteiger charge is -2.50. The van der Waals surface area contributed by atoms with Gasteiger partial charge in [0.15, 0.2) is 21.2 Å². The first kappa shape index (κ1) is 31.8. The largest absolute Gasteiger partial charge is 0.503 e. The van der Waals surface area contributed by atoms with Gasteiger partial charge in [0.05, 0.1) is 34.8 Å². The zero-order valence-electron chi connectivity index (χ0n) is 25.2. The van der Waals surface area contributed by atoms with E-state index in [2.05, 4.69) is 15.9 Å². The number of allylic oxidation sites excluding steroid dienone is 2. The third-order valence-electron chi connectivity index (χ3n) is 10.1. The fourth-order valence-electron chi connectivity index (χ4n) is 7.82. The number of methoxy groups -OCH3 is 1. The summed E-state index contributed by atoms with van der Waals surface area (Å²) in [4.78, 5) is 54.9. The molecule has 0 aromatic heterocycles. The summed E-state index contributed by atoms with van der Waals surface area (Å²) in [7, 11) is 1.37. The van der Waals surface area contributed by atoms with E-state index in [0.717, 1.165) is 29.0 Å². The molecule has 0 spiro atoms. The van der Waals surface area contributed by atoms with Crippen LogP contribution in [0, 0.1) is 23.6 Å². The number of halogens is 4. The Balaban J connectivity index is 1.40. The SMILES string of the molecule is CCc1ccc(N2C(=O)C3CC=C4C(CC5(Cl)C(=O)N(c6ccc(F)cc6)C(=O)C5(Cl)C4c4cc(Br)c(O)c(OC)c4)C3C2=O)cc1. The average Bonchev–Trinajstić information content (AvgIpc) is 3.40. The molecule has 4 aliphatic rings. The van der Waals surface area contributed by atoms with Crippen molar-refractivity contribution in [2.75, 3.05) is 16.9 Å². The molecular weight excluding hydrogens is 714 g/mol. The second-order valence-electron chi connectivity index (χ2n) is 12.3. The third-order valence-corrected chi connectivity index (χ3v) is 12.1. The Labute approximate surface area is 288 Å². The summed E-state index contributed by atoms with van der Waals surface area (Å²) in [5.41, 5.74) is 2.57. The molecule has 7 rings (SSSR count). The Morgan fingerprint density at radius 1 is 0.936 bits per heavy atom. The number of aromatic hydroxyl groups is 1. The van der Waals surface area contributed by atoms with Crippen molar-refractivity contribution >= 4 is 74.1 Å². The van der Waals surface area contributed by atoms with Gasteiger partial charge in [-0.1, -0.05) is 30.7 Å². The van der Waals surface area contributed by atoms with Crippen molar-refractivity contribution in [3.8, 4) is 11.5 Å². The number of hydrogen-bond donors (Lipinski definition) is 1. The number of imide groups is 2. The zero-order chi connectivity index (χ0) is 33.6. The second kappa shape index (κ2) is 11.2. The van der Waals surface area contributed by atoms with Crippen LogP contribution in [0.5, 0.6) is 11.5 Å². The molecule has 3 fully saturated rings. The number of carbonyl (C=O) groups excluding carboxylic acids is 4. The molecular formula is C35H28BrCl2FN2O6. The molecule has 2 aliphatic heterocycles. The predicted octanol–water partition coefficient (Wildman–Crippen LogP) is 6.63. The van der Waals surface area contributed by atoms with Gasteiger partial charge in [0.1, 0.15) is 5.82 Å². The minimum atomic E-state index is -2.11. The minimum absolute atomic E-state index is 0.0761. The molecule has 1 saturated carbocycles. The molecule has 2 heterocycles. The number of nitrogens with zero attached hydrogens (tertiary/aromatic N) is 2. The number of amides is 4. The highest BCUT2D eigenvalue weighted by molar-refractivity contribution is 9.10. The van der Waals surface area contributed by atoms with Gasteiger partial charge in [0, 0.05) is 5.92 Å². The monoisotopic (exact) mass is 740 g/mol. The zero-order valence-corrected chi connectivity index (χ0v) is 28.3. The fraction of sp³-hybridized carbons (Fsp3) is 0.314. The lowest BCUT2D eigenvalue weighted by molar-refractivity contribution is -0.125. The van der Waals surface area contributed by atoms with Gasteiger partial charge in [-0.05, 0) is 101 Å². The van der Waals surface area contributed by atoms with Gasteiger partial charge in [-0.3, -0.25) is 24.1 Å². The van der Waals surface area contributed by atoms with Crippen LogP contribution >= 0.6 is 39.1 Å².